The van der Waals surface area contributed by atoms with E-state index in [2.05, 4.69) is 5.32 Å². The lowest BCUT2D eigenvalue weighted by atomic mass is 9.80. The van der Waals surface area contributed by atoms with Crippen LogP contribution in [0.15, 0.2) is 53.5 Å². The molecule has 8 rings (SSSR count). The Morgan fingerprint density at radius 1 is 0.589 bits per heavy atom. The number of rotatable bonds is 5. The van der Waals surface area contributed by atoms with Crippen LogP contribution in [0, 0.1) is 13.8 Å². The van der Waals surface area contributed by atoms with Crippen molar-refractivity contribution >= 4 is 27.3 Å². The molecule has 7 N–H and O–H groups in total. The molecule has 2 aliphatic rings. The number of hydrogen-bond acceptors (Lipinski definition) is 10. The maximum atomic E-state index is 12.5. The van der Waals surface area contributed by atoms with Crippen LogP contribution in [0.3, 0.4) is 0 Å². The molecular formula is C46H46N2O8. The van der Waals surface area contributed by atoms with Gasteiger partial charge in [-0.1, -0.05) is 12.1 Å². The van der Waals surface area contributed by atoms with E-state index in [1.807, 2.05) is 65.8 Å². The van der Waals surface area contributed by atoms with Crippen LogP contribution in [-0.4, -0.2) is 56.6 Å². The van der Waals surface area contributed by atoms with Crippen molar-refractivity contribution in [3.8, 4) is 79.4 Å². The topological polar surface area (TPSA) is 164 Å². The van der Waals surface area contributed by atoms with Crippen LogP contribution in [0.25, 0.3) is 54.9 Å². The van der Waals surface area contributed by atoms with Gasteiger partial charge in [0.25, 0.3) is 0 Å². The SMILES string of the molecule is COc1cc(C)cc2c(-c3c(O)cc(O)c4c3CC(C)=N[C@@H]4C)cc(-c3cc(-c4c(O)cc(O)c5c4C[C@@H](C)N[C@@H]5C)c4cc(C)cc(OC)c4c3O)c(O)c12. The lowest BCUT2D eigenvalue weighted by Crippen LogP contribution is -2.36. The first-order chi connectivity index (χ1) is 26.6. The molecule has 0 fully saturated rings. The molecule has 0 spiro atoms. The van der Waals surface area contributed by atoms with E-state index in [0.717, 1.165) is 22.4 Å². The number of nitrogens with one attached hydrogen (secondary N) is 1. The molecule has 0 aromatic heterocycles. The van der Waals surface area contributed by atoms with Crippen molar-refractivity contribution in [3.63, 3.8) is 0 Å². The van der Waals surface area contributed by atoms with Gasteiger partial charge in [-0.05, 0) is 116 Å². The van der Waals surface area contributed by atoms with Crippen molar-refractivity contribution in [1.29, 1.82) is 0 Å². The zero-order valence-corrected chi connectivity index (χ0v) is 32.7. The van der Waals surface area contributed by atoms with Gasteiger partial charge < -0.3 is 45.4 Å². The minimum absolute atomic E-state index is 0.0175. The number of phenolic OH excluding ortho intramolecular Hbond substituents is 6. The predicted octanol–water partition coefficient (Wildman–Crippen LogP) is 9.53. The van der Waals surface area contributed by atoms with E-state index in [0.29, 0.717) is 84.8 Å². The first-order valence-electron chi connectivity index (χ1n) is 18.8. The highest BCUT2D eigenvalue weighted by Gasteiger charge is 2.33. The summed E-state index contributed by atoms with van der Waals surface area (Å²) >= 11 is 0. The number of methoxy groups -OCH3 is 2. The first-order valence-corrected chi connectivity index (χ1v) is 18.8. The third-order valence-electron chi connectivity index (χ3n) is 11.5. The summed E-state index contributed by atoms with van der Waals surface area (Å²) in [7, 11) is 3.05. The molecule has 0 unspecified atom stereocenters. The van der Waals surface area contributed by atoms with Crippen molar-refractivity contribution in [2.24, 2.45) is 4.99 Å². The van der Waals surface area contributed by atoms with Gasteiger partial charge in [-0.25, -0.2) is 0 Å². The van der Waals surface area contributed by atoms with Gasteiger partial charge in [0.15, 0.2) is 0 Å². The summed E-state index contributed by atoms with van der Waals surface area (Å²) < 4.78 is 11.8. The van der Waals surface area contributed by atoms with E-state index in [-0.39, 0.29) is 63.7 Å². The number of fused-ring (bicyclic) bond motifs is 4. The molecule has 10 heteroatoms. The molecule has 2 heterocycles. The molecule has 2 aliphatic heterocycles. The quantitative estimate of drug-likeness (QED) is 0.0908. The van der Waals surface area contributed by atoms with Crippen LogP contribution >= 0.6 is 0 Å². The second-order valence-corrected chi connectivity index (χ2v) is 15.5. The molecule has 0 aliphatic carbocycles. The van der Waals surface area contributed by atoms with Crippen LogP contribution in [0.2, 0.25) is 0 Å². The van der Waals surface area contributed by atoms with Crippen LogP contribution < -0.4 is 14.8 Å². The second-order valence-electron chi connectivity index (χ2n) is 15.5. The van der Waals surface area contributed by atoms with Gasteiger partial charge in [0, 0.05) is 69.7 Å². The average molecular weight is 755 g/mol. The van der Waals surface area contributed by atoms with Gasteiger partial charge in [-0.2, -0.15) is 0 Å². The summed E-state index contributed by atoms with van der Waals surface area (Å²) in [4.78, 5) is 4.72. The fourth-order valence-electron chi connectivity index (χ4n) is 9.38. The van der Waals surface area contributed by atoms with Gasteiger partial charge >= 0.3 is 0 Å². The van der Waals surface area contributed by atoms with E-state index in [1.165, 1.54) is 26.4 Å². The molecular weight excluding hydrogens is 709 g/mol. The monoisotopic (exact) mass is 754 g/mol. The number of hydrogen-bond donors (Lipinski definition) is 7. The van der Waals surface area contributed by atoms with E-state index < -0.39 is 0 Å². The molecule has 288 valence electrons. The zero-order valence-electron chi connectivity index (χ0n) is 32.7. The number of benzene rings is 6. The fourth-order valence-corrected chi connectivity index (χ4v) is 9.38. The first kappa shape index (κ1) is 36.8. The summed E-state index contributed by atoms with van der Waals surface area (Å²) in [5, 5.41) is 76.1. The van der Waals surface area contributed by atoms with Gasteiger partial charge in [0.1, 0.15) is 46.0 Å². The number of aryl methyl sites for hydroxylation is 2. The molecule has 6 aromatic rings. The van der Waals surface area contributed by atoms with Crippen molar-refractivity contribution in [1.82, 2.24) is 5.32 Å². The molecule has 0 saturated heterocycles. The number of nitrogens with zero attached hydrogens (tertiary/aromatic N) is 1. The lowest BCUT2D eigenvalue weighted by molar-refractivity contribution is 0.402. The highest BCUT2D eigenvalue weighted by atomic mass is 16.5. The Hall–Kier alpha value is -6.13. The molecule has 3 atom stereocenters. The summed E-state index contributed by atoms with van der Waals surface area (Å²) in [5.41, 5.74) is 7.82. The molecule has 10 nitrogen and oxygen atoms in total. The summed E-state index contributed by atoms with van der Waals surface area (Å²) in [6.07, 6.45) is 0.877. The Labute approximate surface area is 325 Å². The van der Waals surface area contributed by atoms with Gasteiger partial charge in [0.2, 0.25) is 0 Å². The van der Waals surface area contributed by atoms with Crippen LogP contribution in [0.4, 0.5) is 0 Å². The fraction of sp³-hybridized carbons (Fsp3) is 0.283. The Morgan fingerprint density at radius 2 is 1.07 bits per heavy atom. The van der Waals surface area contributed by atoms with E-state index in [4.69, 9.17) is 14.5 Å². The van der Waals surface area contributed by atoms with Gasteiger partial charge in [-0.3, -0.25) is 4.99 Å². The number of ether oxygens (including phenoxy) is 2. The average Bonchev–Trinajstić information content (AvgIpc) is 3.11. The Balaban J connectivity index is 1.55. The third-order valence-corrected chi connectivity index (χ3v) is 11.5. The Morgan fingerprint density at radius 3 is 1.57 bits per heavy atom. The highest BCUT2D eigenvalue weighted by Crippen LogP contribution is 2.56. The van der Waals surface area contributed by atoms with Crippen LogP contribution in [0.5, 0.6) is 46.0 Å². The molecule has 56 heavy (non-hydrogen) atoms. The van der Waals surface area contributed by atoms with E-state index in [1.54, 1.807) is 12.1 Å². The van der Waals surface area contributed by atoms with Crippen molar-refractivity contribution in [2.75, 3.05) is 14.2 Å². The largest absolute Gasteiger partial charge is 0.507 e. The number of aliphatic imine (C=N–C) groups is 1. The smallest absolute Gasteiger partial charge is 0.135 e. The van der Waals surface area contributed by atoms with E-state index in [9.17, 15) is 30.6 Å². The van der Waals surface area contributed by atoms with Crippen molar-refractivity contribution in [3.05, 3.63) is 81.9 Å². The summed E-state index contributed by atoms with van der Waals surface area (Å²) in [5.74, 6) is 0.0681. The number of phenols is 6. The second kappa shape index (κ2) is 13.3. The number of aromatic hydroxyl groups is 6. The van der Waals surface area contributed by atoms with Gasteiger partial charge in [0.05, 0.1) is 31.0 Å². The Bertz CT molecular complexity index is 2700. The minimum Gasteiger partial charge on any atom is -0.507 e. The van der Waals surface area contributed by atoms with Gasteiger partial charge in [-0.15, -0.1) is 0 Å². The Kier molecular flexibility index (Phi) is 8.73. The molecule has 6 aromatic carbocycles. The van der Waals surface area contributed by atoms with Crippen LogP contribution in [0.1, 0.15) is 73.2 Å². The van der Waals surface area contributed by atoms with Crippen molar-refractivity contribution < 1.29 is 40.1 Å². The van der Waals surface area contributed by atoms with Crippen molar-refractivity contribution in [2.45, 2.75) is 72.5 Å². The third kappa shape index (κ3) is 5.53. The maximum Gasteiger partial charge on any atom is 0.135 e. The molecule has 0 radical (unpaired) electrons. The molecule has 0 saturated carbocycles. The zero-order chi connectivity index (χ0) is 40.1. The summed E-state index contributed by atoms with van der Waals surface area (Å²) in [6, 6.07) is 13.1. The van der Waals surface area contributed by atoms with Crippen LogP contribution in [-0.2, 0) is 12.8 Å². The minimum atomic E-state index is -0.371. The standard InChI is InChI=1S/C46H46N2O8/c1-19-9-25-27(41-31-13-21(3)47-23(5)39(31)33(49)17-35(41)51)15-29(45(53)43(25)37(11-19)55-7)30-16-28(26-10-20(2)12-38(56-8)44(26)46(30)54)42-32-14-22(4)48-24(6)40(32)34(50)18-36(42)52/h9-12,15-18,21,23-24,47,49-54H,13-14H2,1-8H3/t21-,23-,24-/m1/s1. The molecule has 0 amide bonds. The highest BCUT2D eigenvalue weighted by molar-refractivity contribution is 6.14. The molecule has 0 bridgehead atoms. The normalized spacial score (nSPS) is 17.8. The summed E-state index contributed by atoms with van der Waals surface area (Å²) in [6.45, 7) is 11.7. The predicted molar refractivity (Wildman–Crippen MR) is 220 cm³/mol. The lowest BCUT2D eigenvalue weighted by Gasteiger charge is -2.32. The van der Waals surface area contributed by atoms with E-state index >= 15 is 0 Å². The maximum absolute atomic E-state index is 12.5.